The number of nitrogens with one attached hydrogen (secondary N) is 2. The zero-order valence-corrected chi connectivity index (χ0v) is 15.6. The number of fused-ring (bicyclic) bond motifs is 3. The van der Waals surface area contributed by atoms with Gasteiger partial charge in [0, 0.05) is 22.9 Å². The van der Waals surface area contributed by atoms with E-state index in [0.29, 0.717) is 22.7 Å². The highest BCUT2D eigenvalue weighted by Crippen LogP contribution is 2.36. The summed E-state index contributed by atoms with van der Waals surface area (Å²) in [4.78, 5) is 10.7. The molecule has 4 aromatic rings. The predicted octanol–water partition coefficient (Wildman–Crippen LogP) is 5.31. The second kappa shape index (κ2) is 7.16. The Bertz CT molecular complexity index is 1220. The van der Waals surface area contributed by atoms with Crippen molar-refractivity contribution in [3.05, 3.63) is 70.8 Å². The zero-order chi connectivity index (χ0) is 19.7. The van der Waals surface area contributed by atoms with Crippen LogP contribution in [0.4, 0.5) is 17.1 Å². The molecule has 140 valence electrons. The Kier molecular flexibility index (Phi) is 4.54. The third-order valence-corrected chi connectivity index (χ3v) is 4.50. The molecule has 1 heterocycles. The van der Waals surface area contributed by atoms with Gasteiger partial charge in [0.2, 0.25) is 0 Å². The molecule has 0 radical (unpaired) electrons. The Labute approximate surface area is 165 Å². The largest absolute Gasteiger partial charge is 0.495 e. The molecule has 0 spiro atoms. The van der Waals surface area contributed by atoms with E-state index in [-0.39, 0.29) is 10.8 Å². The van der Waals surface area contributed by atoms with Crippen LogP contribution in [0.2, 0.25) is 0 Å². The van der Waals surface area contributed by atoms with Crippen LogP contribution in [0.25, 0.3) is 21.9 Å². The predicted molar refractivity (Wildman–Crippen MR) is 113 cm³/mol. The molecule has 8 heteroatoms. The summed E-state index contributed by atoms with van der Waals surface area (Å²) < 4.78 is 11.4. The highest BCUT2D eigenvalue weighted by Gasteiger charge is 2.16. The van der Waals surface area contributed by atoms with E-state index < -0.39 is 4.92 Å². The van der Waals surface area contributed by atoms with Crippen molar-refractivity contribution in [2.24, 2.45) is 0 Å². The van der Waals surface area contributed by atoms with Crippen molar-refractivity contribution < 1.29 is 14.1 Å². The van der Waals surface area contributed by atoms with Gasteiger partial charge in [-0.1, -0.05) is 30.3 Å². The maximum absolute atomic E-state index is 11.2. The van der Waals surface area contributed by atoms with E-state index >= 15 is 0 Å². The number of methoxy groups -OCH3 is 1. The first kappa shape index (κ1) is 17.7. The normalized spacial score (nSPS) is 10.8. The van der Waals surface area contributed by atoms with Gasteiger partial charge in [-0.3, -0.25) is 10.1 Å². The number of nitro benzene ring substituents is 1. The second-order valence-corrected chi connectivity index (χ2v) is 6.41. The molecule has 0 aliphatic carbocycles. The number of hydrogen-bond acceptors (Lipinski definition) is 5. The minimum absolute atomic E-state index is 0.0636. The molecule has 0 atom stereocenters. The van der Waals surface area contributed by atoms with Crippen LogP contribution in [0, 0.1) is 10.1 Å². The average Bonchev–Trinajstić information content (AvgIpc) is 3.04. The van der Waals surface area contributed by atoms with Crippen LogP contribution >= 0.6 is 12.2 Å². The number of nitrogens with zero attached hydrogens (tertiary/aromatic N) is 1. The van der Waals surface area contributed by atoms with Gasteiger partial charge in [-0.15, -0.1) is 0 Å². The minimum atomic E-state index is -0.466. The Hall–Kier alpha value is -3.65. The van der Waals surface area contributed by atoms with Gasteiger partial charge in [-0.25, -0.2) is 0 Å². The van der Waals surface area contributed by atoms with Crippen LogP contribution in [0.5, 0.6) is 5.75 Å². The van der Waals surface area contributed by atoms with Gasteiger partial charge in [-0.2, -0.15) is 0 Å². The van der Waals surface area contributed by atoms with Gasteiger partial charge in [0.25, 0.3) is 5.69 Å². The zero-order valence-electron chi connectivity index (χ0n) is 14.8. The Morgan fingerprint density at radius 1 is 1.00 bits per heavy atom. The first-order valence-corrected chi connectivity index (χ1v) is 8.78. The molecule has 0 unspecified atom stereocenters. The summed E-state index contributed by atoms with van der Waals surface area (Å²) in [6.07, 6.45) is 0. The highest BCUT2D eigenvalue weighted by atomic mass is 32.1. The van der Waals surface area contributed by atoms with Crippen LogP contribution < -0.4 is 15.4 Å². The van der Waals surface area contributed by atoms with E-state index in [9.17, 15) is 10.1 Å². The number of ether oxygens (including phenoxy) is 1. The van der Waals surface area contributed by atoms with E-state index in [0.717, 1.165) is 16.4 Å². The molecule has 1 aromatic heterocycles. The summed E-state index contributed by atoms with van der Waals surface area (Å²) >= 11 is 5.33. The van der Waals surface area contributed by atoms with Gasteiger partial charge in [0.05, 0.1) is 17.7 Å². The quantitative estimate of drug-likeness (QED) is 0.276. The van der Waals surface area contributed by atoms with Gasteiger partial charge >= 0.3 is 0 Å². The molecule has 0 amide bonds. The lowest BCUT2D eigenvalue weighted by molar-refractivity contribution is -0.383. The maximum Gasteiger partial charge on any atom is 0.292 e. The van der Waals surface area contributed by atoms with Crippen LogP contribution in [0.15, 0.2) is 65.1 Å². The summed E-state index contributed by atoms with van der Waals surface area (Å²) in [5.74, 6) is 0.575. The van der Waals surface area contributed by atoms with E-state index in [1.54, 1.807) is 31.4 Å². The number of furan rings is 1. The summed E-state index contributed by atoms with van der Waals surface area (Å²) in [6, 6.07) is 17.7. The number of anilines is 2. The molecule has 3 aromatic carbocycles. The summed E-state index contributed by atoms with van der Waals surface area (Å²) in [5.41, 5.74) is 2.28. The molecule has 0 bridgehead atoms. The molecule has 0 saturated heterocycles. The number of benzene rings is 3. The lowest BCUT2D eigenvalue weighted by Crippen LogP contribution is -2.20. The van der Waals surface area contributed by atoms with Crippen LogP contribution in [-0.2, 0) is 0 Å². The van der Waals surface area contributed by atoms with Crippen molar-refractivity contribution >= 4 is 56.3 Å². The molecule has 0 aliphatic heterocycles. The van der Waals surface area contributed by atoms with Gasteiger partial charge < -0.3 is 19.8 Å². The number of nitro groups is 1. The van der Waals surface area contributed by atoms with E-state index in [4.69, 9.17) is 21.4 Å². The van der Waals surface area contributed by atoms with Crippen LogP contribution in [-0.4, -0.2) is 17.1 Å². The van der Waals surface area contributed by atoms with Crippen molar-refractivity contribution in [2.45, 2.75) is 0 Å². The van der Waals surface area contributed by atoms with Gasteiger partial charge in [0.15, 0.2) is 5.11 Å². The van der Waals surface area contributed by atoms with Crippen LogP contribution in [0.1, 0.15) is 0 Å². The number of hydrogen-bond donors (Lipinski definition) is 2. The molecule has 0 aliphatic rings. The molecule has 0 saturated carbocycles. The van der Waals surface area contributed by atoms with Crippen molar-refractivity contribution in [3.8, 4) is 5.75 Å². The number of thiocarbonyl (C=S) groups is 1. The lowest BCUT2D eigenvalue weighted by Gasteiger charge is -2.13. The van der Waals surface area contributed by atoms with E-state index in [2.05, 4.69) is 10.6 Å². The maximum atomic E-state index is 11.2. The molecule has 28 heavy (non-hydrogen) atoms. The summed E-state index contributed by atoms with van der Waals surface area (Å²) in [5, 5.41) is 19.2. The second-order valence-electron chi connectivity index (χ2n) is 6.00. The fraction of sp³-hybridized carbons (Fsp3) is 0.0500. The van der Waals surface area contributed by atoms with Crippen molar-refractivity contribution in [2.75, 3.05) is 17.7 Å². The Morgan fingerprint density at radius 3 is 2.50 bits per heavy atom. The summed E-state index contributed by atoms with van der Waals surface area (Å²) in [7, 11) is 1.56. The van der Waals surface area contributed by atoms with Crippen molar-refractivity contribution in [1.82, 2.24) is 0 Å². The third-order valence-electron chi connectivity index (χ3n) is 4.30. The molecule has 0 fully saturated rings. The summed E-state index contributed by atoms with van der Waals surface area (Å²) in [6.45, 7) is 0. The van der Waals surface area contributed by atoms with Crippen molar-refractivity contribution in [1.29, 1.82) is 0 Å². The van der Waals surface area contributed by atoms with Gasteiger partial charge in [0.1, 0.15) is 22.6 Å². The smallest absolute Gasteiger partial charge is 0.292 e. The van der Waals surface area contributed by atoms with Gasteiger partial charge in [-0.05, 0) is 30.4 Å². The average molecular weight is 393 g/mol. The molecular weight excluding hydrogens is 378 g/mol. The third kappa shape index (κ3) is 3.21. The Morgan fingerprint density at radius 2 is 1.71 bits per heavy atom. The first-order valence-electron chi connectivity index (χ1n) is 8.37. The number of rotatable bonds is 4. The number of para-hydroxylation sites is 3. The van der Waals surface area contributed by atoms with E-state index in [1.165, 1.54) is 6.07 Å². The monoisotopic (exact) mass is 393 g/mol. The highest BCUT2D eigenvalue weighted by molar-refractivity contribution is 7.80. The molecular formula is C20H15N3O4S. The molecule has 4 rings (SSSR count). The SMILES string of the molecule is COc1cc2c(cc1NC(=S)Nc1ccccc1[N+](=O)[O-])oc1ccccc12. The van der Waals surface area contributed by atoms with E-state index in [1.807, 2.05) is 30.3 Å². The molecule has 7 nitrogen and oxygen atoms in total. The lowest BCUT2D eigenvalue weighted by atomic mass is 10.1. The Balaban J connectivity index is 1.66. The minimum Gasteiger partial charge on any atom is -0.495 e. The fourth-order valence-electron chi connectivity index (χ4n) is 3.03. The fourth-order valence-corrected chi connectivity index (χ4v) is 3.25. The van der Waals surface area contributed by atoms with Crippen molar-refractivity contribution in [3.63, 3.8) is 0 Å². The molecule has 2 N–H and O–H groups in total. The first-order chi connectivity index (χ1) is 13.6. The topological polar surface area (TPSA) is 89.6 Å². The van der Waals surface area contributed by atoms with Crippen LogP contribution in [0.3, 0.4) is 0 Å². The standard InChI is InChI=1S/C20H15N3O4S/c1-26-19-10-13-12-6-2-5-9-17(12)27-18(13)11-15(19)22-20(28)21-14-7-3-4-8-16(14)23(24)25/h2-11H,1H3,(H2,21,22,28).